The van der Waals surface area contributed by atoms with E-state index in [4.69, 9.17) is 4.74 Å². The Balaban J connectivity index is 1.78. The molecule has 1 aromatic carbocycles. The molecule has 0 spiro atoms. The molecule has 23 heavy (non-hydrogen) atoms. The number of carbonyl (C=O) groups excluding carboxylic acids is 1. The smallest absolute Gasteiger partial charge is 0.319 e. The molecule has 0 bridgehead atoms. The maximum atomic E-state index is 13.6. The van der Waals surface area contributed by atoms with E-state index in [0.717, 1.165) is 25.2 Å². The van der Waals surface area contributed by atoms with Crippen molar-refractivity contribution in [3.05, 3.63) is 29.6 Å². The van der Waals surface area contributed by atoms with Crippen LogP contribution < -0.4 is 10.6 Å². The van der Waals surface area contributed by atoms with Gasteiger partial charge in [0, 0.05) is 26.2 Å². The highest BCUT2D eigenvalue weighted by Crippen LogP contribution is 2.15. The number of halogens is 1. The Morgan fingerprint density at radius 1 is 1.48 bits per heavy atom. The second kappa shape index (κ2) is 8.26. The first-order valence-electron chi connectivity index (χ1n) is 8.09. The van der Waals surface area contributed by atoms with E-state index in [0.29, 0.717) is 19.1 Å². The van der Waals surface area contributed by atoms with Gasteiger partial charge in [0.2, 0.25) is 0 Å². The van der Waals surface area contributed by atoms with E-state index in [2.05, 4.69) is 29.4 Å². The van der Waals surface area contributed by atoms with Gasteiger partial charge in [-0.3, -0.25) is 4.90 Å². The maximum absolute atomic E-state index is 13.6. The van der Waals surface area contributed by atoms with Crippen LogP contribution in [0.25, 0.3) is 0 Å². The van der Waals surface area contributed by atoms with Crippen LogP contribution in [0.15, 0.2) is 18.2 Å². The molecule has 1 saturated heterocycles. The number of morpholine rings is 1. The molecule has 1 unspecified atom stereocenters. The van der Waals surface area contributed by atoms with Crippen LogP contribution in [0.2, 0.25) is 0 Å². The zero-order valence-electron chi connectivity index (χ0n) is 14.1. The summed E-state index contributed by atoms with van der Waals surface area (Å²) in [4.78, 5) is 14.3. The molecule has 1 fully saturated rings. The average molecular weight is 323 g/mol. The summed E-state index contributed by atoms with van der Waals surface area (Å²) in [7, 11) is 0. The van der Waals surface area contributed by atoms with Gasteiger partial charge >= 0.3 is 6.03 Å². The Hall–Kier alpha value is -1.66. The third-order valence-electron chi connectivity index (χ3n) is 3.71. The lowest BCUT2D eigenvalue weighted by molar-refractivity contribution is -0.0288. The minimum atomic E-state index is -0.442. The number of aryl methyl sites for hydroxylation is 1. The van der Waals surface area contributed by atoms with Crippen molar-refractivity contribution in [2.75, 3.05) is 38.1 Å². The number of hydrogen-bond donors (Lipinski definition) is 2. The lowest BCUT2D eigenvalue weighted by Crippen LogP contribution is -2.48. The zero-order valence-corrected chi connectivity index (χ0v) is 14.1. The molecule has 1 aliphatic rings. The van der Waals surface area contributed by atoms with Crippen molar-refractivity contribution in [3.8, 4) is 0 Å². The van der Waals surface area contributed by atoms with Gasteiger partial charge in [-0.05, 0) is 30.5 Å². The van der Waals surface area contributed by atoms with Gasteiger partial charge in [-0.15, -0.1) is 0 Å². The number of urea groups is 1. The van der Waals surface area contributed by atoms with Gasteiger partial charge in [0.05, 0.1) is 18.4 Å². The summed E-state index contributed by atoms with van der Waals surface area (Å²) < 4.78 is 19.3. The fourth-order valence-electron chi connectivity index (χ4n) is 2.69. The molecule has 0 aliphatic carbocycles. The van der Waals surface area contributed by atoms with Gasteiger partial charge < -0.3 is 15.4 Å². The van der Waals surface area contributed by atoms with Gasteiger partial charge in [-0.1, -0.05) is 19.9 Å². The normalized spacial score (nSPS) is 18.9. The first-order chi connectivity index (χ1) is 10.9. The van der Waals surface area contributed by atoms with Crippen molar-refractivity contribution in [2.45, 2.75) is 26.9 Å². The fourth-order valence-corrected chi connectivity index (χ4v) is 2.69. The van der Waals surface area contributed by atoms with Crippen molar-refractivity contribution in [1.82, 2.24) is 10.2 Å². The summed E-state index contributed by atoms with van der Waals surface area (Å²) in [5, 5.41) is 5.29. The second-order valence-corrected chi connectivity index (χ2v) is 6.46. The number of amides is 2. The zero-order chi connectivity index (χ0) is 16.8. The SMILES string of the molecule is Cc1ccc(F)c(NC(=O)NCC2CN(CC(C)C)CCO2)c1. The van der Waals surface area contributed by atoms with Crippen LogP contribution in [-0.2, 0) is 4.74 Å². The van der Waals surface area contributed by atoms with Crippen molar-refractivity contribution >= 4 is 11.7 Å². The summed E-state index contributed by atoms with van der Waals surface area (Å²) in [5.41, 5.74) is 1.08. The van der Waals surface area contributed by atoms with Crippen molar-refractivity contribution in [2.24, 2.45) is 5.92 Å². The highest BCUT2D eigenvalue weighted by Gasteiger charge is 2.21. The average Bonchev–Trinajstić information content (AvgIpc) is 2.49. The minimum absolute atomic E-state index is 0.0318. The molecule has 1 heterocycles. The summed E-state index contributed by atoms with van der Waals surface area (Å²) in [6.07, 6.45) is -0.0318. The number of anilines is 1. The molecule has 128 valence electrons. The van der Waals surface area contributed by atoms with Crippen LogP contribution in [0.5, 0.6) is 0 Å². The van der Waals surface area contributed by atoms with Crippen LogP contribution in [0.3, 0.4) is 0 Å². The molecule has 1 atom stereocenters. The van der Waals surface area contributed by atoms with Gasteiger partial charge in [-0.25, -0.2) is 9.18 Å². The van der Waals surface area contributed by atoms with E-state index < -0.39 is 11.8 Å². The molecule has 1 aliphatic heterocycles. The first-order valence-corrected chi connectivity index (χ1v) is 8.09. The Kier molecular flexibility index (Phi) is 6.36. The van der Waals surface area contributed by atoms with Gasteiger partial charge in [-0.2, -0.15) is 0 Å². The molecule has 2 rings (SSSR count). The maximum Gasteiger partial charge on any atom is 0.319 e. The van der Waals surface area contributed by atoms with Crippen LogP contribution in [-0.4, -0.2) is 49.8 Å². The quantitative estimate of drug-likeness (QED) is 0.876. The molecule has 2 N–H and O–H groups in total. The van der Waals surface area contributed by atoms with Crippen LogP contribution >= 0.6 is 0 Å². The van der Waals surface area contributed by atoms with E-state index in [1.165, 1.54) is 6.07 Å². The first kappa shape index (κ1) is 17.7. The highest BCUT2D eigenvalue weighted by molar-refractivity contribution is 5.89. The molecule has 0 saturated carbocycles. The molecule has 5 nitrogen and oxygen atoms in total. The van der Waals surface area contributed by atoms with Crippen LogP contribution in [0.4, 0.5) is 14.9 Å². The van der Waals surface area contributed by atoms with Gasteiger partial charge in [0.25, 0.3) is 0 Å². The number of nitrogens with zero attached hydrogens (tertiary/aromatic N) is 1. The minimum Gasteiger partial charge on any atom is -0.374 e. The standard InChI is InChI=1S/C17H26FN3O2/c1-12(2)10-21-6-7-23-14(11-21)9-19-17(22)20-16-8-13(3)4-5-15(16)18/h4-5,8,12,14H,6-7,9-11H2,1-3H3,(H2,19,20,22). The van der Waals surface area contributed by atoms with Crippen molar-refractivity contribution in [3.63, 3.8) is 0 Å². The fraction of sp³-hybridized carbons (Fsp3) is 0.588. The third-order valence-corrected chi connectivity index (χ3v) is 3.71. The number of hydrogen-bond acceptors (Lipinski definition) is 3. The molecular weight excluding hydrogens is 297 g/mol. The summed E-state index contributed by atoms with van der Waals surface area (Å²) in [6, 6.07) is 4.20. The molecule has 0 radical (unpaired) electrons. The number of nitrogens with one attached hydrogen (secondary N) is 2. The molecule has 0 aromatic heterocycles. The van der Waals surface area contributed by atoms with Gasteiger partial charge in [0.15, 0.2) is 0 Å². The Labute approximate surface area is 137 Å². The van der Waals surface area contributed by atoms with Gasteiger partial charge in [0.1, 0.15) is 5.82 Å². The number of benzene rings is 1. The predicted molar refractivity (Wildman–Crippen MR) is 89.2 cm³/mol. The summed E-state index contributed by atoms with van der Waals surface area (Å²) in [6.45, 7) is 10.1. The van der Waals surface area contributed by atoms with Crippen LogP contribution in [0.1, 0.15) is 19.4 Å². The Morgan fingerprint density at radius 3 is 3.00 bits per heavy atom. The Morgan fingerprint density at radius 2 is 2.26 bits per heavy atom. The third kappa shape index (κ3) is 5.80. The molecule has 2 amide bonds. The van der Waals surface area contributed by atoms with E-state index >= 15 is 0 Å². The van der Waals surface area contributed by atoms with Crippen molar-refractivity contribution < 1.29 is 13.9 Å². The molecule has 1 aromatic rings. The number of ether oxygens (including phenoxy) is 1. The largest absolute Gasteiger partial charge is 0.374 e. The monoisotopic (exact) mass is 323 g/mol. The van der Waals surface area contributed by atoms with E-state index in [9.17, 15) is 9.18 Å². The lowest BCUT2D eigenvalue weighted by Gasteiger charge is -2.33. The topological polar surface area (TPSA) is 53.6 Å². The second-order valence-electron chi connectivity index (χ2n) is 6.46. The van der Waals surface area contributed by atoms with E-state index in [1.807, 2.05) is 6.92 Å². The number of rotatable bonds is 5. The Bertz CT molecular complexity index is 537. The highest BCUT2D eigenvalue weighted by atomic mass is 19.1. The van der Waals surface area contributed by atoms with E-state index in [1.54, 1.807) is 12.1 Å². The van der Waals surface area contributed by atoms with Crippen molar-refractivity contribution in [1.29, 1.82) is 0 Å². The summed E-state index contributed by atoms with van der Waals surface area (Å²) >= 11 is 0. The predicted octanol–water partition coefficient (Wildman–Crippen LogP) is 2.61. The van der Waals surface area contributed by atoms with Crippen LogP contribution in [0, 0.1) is 18.7 Å². The molecular formula is C17H26FN3O2. The molecule has 6 heteroatoms. The summed E-state index contributed by atoms with van der Waals surface area (Å²) in [5.74, 6) is 0.164. The van der Waals surface area contributed by atoms with E-state index in [-0.39, 0.29) is 11.8 Å². The lowest BCUT2D eigenvalue weighted by atomic mass is 10.2. The number of carbonyl (C=O) groups is 1.